The summed E-state index contributed by atoms with van der Waals surface area (Å²) in [6, 6.07) is 7.41. The summed E-state index contributed by atoms with van der Waals surface area (Å²) in [5.74, 6) is -2.91. The van der Waals surface area contributed by atoms with Gasteiger partial charge in [-0.05, 0) is 37.6 Å². The van der Waals surface area contributed by atoms with Gasteiger partial charge in [0.15, 0.2) is 11.6 Å². The summed E-state index contributed by atoms with van der Waals surface area (Å²) in [5, 5.41) is 21.0. The van der Waals surface area contributed by atoms with Gasteiger partial charge < -0.3 is 15.9 Å². The van der Waals surface area contributed by atoms with Crippen LogP contribution < -0.4 is 5.73 Å². The molecular formula is C22H19NO5. The fraction of sp³-hybridized carbons (Fsp3) is 0.227. The minimum atomic E-state index is -1.72. The minimum Gasteiger partial charge on any atom is -0.508 e. The first-order valence-electron chi connectivity index (χ1n) is 8.90. The zero-order valence-corrected chi connectivity index (χ0v) is 15.7. The van der Waals surface area contributed by atoms with Crippen molar-refractivity contribution in [3.63, 3.8) is 0 Å². The topological polar surface area (TPSA) is 118 Å². The Bertz CT molecular complexity index is 1140. The molecule has 2 aromatic rings. The van der Waals surface area contributed by atoms with Crippen LogP contribution in [0.4, 0.5) is 0 Å². The van der Waals surface area contributed by atoms with Crippen LogP contribution in [0.5, 0.6) is 11.5 Å². The van der Waals surface area contributed by atoms with Gasteiger partial charge in [0, 0.05) is 33.9 Å². The maximum atomic E-state index is 13.8. The molecular weight excluding hydrogens is 358 g/mol. The quantitative estimate of drug-likeness (QED) is 0.740. The average molecular weight is 377 g/mol. The highest BCUT2D eigenvalue weighted by Crippen LogP contribution is 2.58. The molecule has 0 amide bonds. The van der Waals surface area contributed by atoms with Crippen molar-refractivity contribution in [3.05, 3.63) is 63.7 Å². The highest BCUT2D eigenvalue weighted by Gasteiger charge is 2.62. The van der Waals surface area contributed by atoms with Gasteiger partial charge in [0.05, 0.1) is 5.56 Å². The molecule has 4 rings (SSSR count). The lowest BCUT2D eigenvalue weighted by Gasteiger charge is -2.39. The number of rotatable bonds is 2. The molecule has 2 aliphatic rings. The van der Waals surface area contributed by atoms with Crippen LogP contribution in [-0.2, 0) is 10.2 Å². The van der Waals surface area contributed by atoms with Gasteiger partial charge in [0.25, 0.3) is 0 Å². The standard InChI is InChI=1S/C22H19NO5/c1-9-7-13-17(15(26)8-9)22(10(2)11(3)24)18(19(13)23)20(27)16-12(21(22)28)5-4-6-14(16)25/h4-8,10,25-26H,23H2,1-3H3/t10-,22+/m0/s1. The molecule has 0 unspecified atom stereocenters. The molecule has 0 saturated heterocycles. The van der Waals surface area contributed by atoms with E-state index in [9.17, 15) is 24.6 Å². The Morgan fingerprint density at radius 1 is 1.11 bits per heavy atom. The second-order valence-corrected chi connectivity index (χ2v) is 7.49. The maximum absolute atomic E-state index is 13.8. The number of benzene rings is 2. The fourth-order valence-corrected chi connectivity index (χ4v) is 4.63. The molecule has 142 valence electrons. The van der Waals surface area contributed by atoms with E-state index < -0.39 is 22.9 Å². The van der Waals surface area contributed by atoms with E-state index >= 15 is 0 Å². The van der Waals surface area contributed by atoms with Crippen LogP contribution in [0, 0.1) is 12.8 Å². The first-order chi connectivity index (χ1) is 13.1. The van der Waals surface area contributed by atoms with Gasteiger partial charge in [-0.3, -0.25) is 14.4 Å². The molecule has 0 aromatic heterocycles. The Morgan fingerprint density at radius 2 is 1.79 bits per heavy atom. The molecule has 6 nitrogen and oxygen atoms in total. The molecule has 0 fully saturated rings. The van der Waals surface area contributed by atoms with Gasteiger partial charge in [-0.15, -0.1) is 0 Å². The van der Waals surface area contributed by atoms with E-state index in [4.69, 9.17) is 5.73 Å². The number of ketones is 3. The predicted octanol–water partition coefficient (Wildman–Crippen LogP) is 2.63. The van der Waals surface area contributed by atoms with E-state index in [2.05, 4.69) is 0 Å². The van der Waals surface area contributed by atoms with Crippen LogP contribution in [0.1, 0.15) is 51.3 Å². The number of hydrogen-bond acceptors (Lipinski definition) is 6. The smallest absolute Gasteiger partial charge is 0.196 e. The summed E-state index contributed by atoms with van der Waals surface area (Å²) in [5.41, 5.74) is 5.74. The summed E-state index contributed by atoms with van der Waals surface area (Å²) in [4.78, 5) is 39.7. The molecule has 0 saturated carbocycles. The number of aryl methyl sites for hydroxylation is 1. The molecule has 0 radical (unpaired) electrons. The molecule has 28 heavy (non-hydrogen) atoms. The van der Waals surface area contributed by atoms with Gasteiger partial charge in [-0.2, -0.15) is 0 Å². The molecule has 0 bridgehead atoms. The summed E-state index contributed by atoms with van der Waals surface area (Å²) in [6.45, 7) is 4.65. The van der Waals surface area contributed by atoms with Crippen molar-refractivity contribution in [3.8, 4) is 11.5 Å². The van der Waals surface area contributed by atoms with E-state index in [0.717, 1.165) is 0 Å². The molecule has 0 heterocycles. The number of nitrogens with two attached hydrogens (primary N) is 1. The largest absolute Gasteiger partial charge is 0.508 e. The van der Waals surface area contributed by atoms with E-state index in [1.807, 2.05) is 0 Å². The monoisotopic (exact) mass is 377 g/mol. The van der Waals surface area contributed by atoms with E-state index in [1.165, 1.54) is 31.2 Å². The third kappa shape index (κ3) is 1.89. The van der Waals surface area contributed by atoms with Crippen LogP contribution in [0.2, 0.25) is 0 Å². The second-order valence-electron chi connectivity index (χ2n) is 7.49. The Kier molecular flexibility index (Phi) is 3.56. The zero-order chi connectivity index (χ0) is 20.5. The van der Waals surface area contributed by atoms with Crippen LogP contribution >= 0.6 is 0 Å². The second kappa shape index (κ2) is 5.55. The Labute approximate surface area is 161 Å². The van der Waals surface area contributed by atoms with Crippen molar-refractivity contribution >= 4 is 23.0 Å². The highest BCUT2D eigenvalue weighted by atomic mass is 16.3. The van der Waals surface area contributed by atoms with Crippen molar-refractivity contribution in [2.75, 3.05) is 0 Å². The number of allylic oxidation sites excluding steroid dienone is 1. The molecule has 0 spiro atoms. The third-order valence-electron chi connectivity index (χ3n) is 5.97. The molecule has 2 atom stereocenters. The first-order valence-corrected chi connectivity index (χ1v) is 8.90. The van der Waals surface area contributed by atoms with Crippen LogP contribution in [0.3, 0.4) is 0 Å². The Morgan fingerprint density at radius 3 is 2.43 bits per heavy atom. The highest BCUT2D eigenvalue weighted by molar-refractivity contribution is 6.33. The molecule has 2 aliphatic carbocycles. The SMILES string of the molecule is CC(=O)[C@H](C)[C@]12C(=O)c3cccc(O)c3C(=O)C1=C(N)c1cc(C)cc(O)c12. The third-order valence-corrected chi connectivity index (χ3v) is 5.97. The number of carbonyl (C=O) groups excluding carboxylic acids is 3. The van der Waals surface area contributed by atoms with Gasteiger partial charge in [-0.1, -0.05) is 19.1 Å². The van der Waals surface area contributed by atoms with Crippen molar-refractivity contribution in [2.45, 2.75) is 26.2 Å². The van der Waals surface area contributed by atoms with Crippen molar-refractivity contribution in [1.29, 1.82) is 0 Å². The lowest BCUT2D eigenvalue weighted by molar-refractivity contribution is -0.121. The Balaban J connectivity index is 2.22. The fourth-order valence-electron chi connectivity index (χ4n) is 4.63. The van der Waals surface area contributed by atoms with Crippen LogP contribution in [0.25, 0.3) is 5.70 Å². The maximum Gasteiger partial charge on any atom is 0.196 e. The van der Waals surface area contributed by atoms with Gasteiger partial charge in [0.1, 0.15) is 22.7 Å². The van der Waals surface area contributed by atoms with Crippen LogP contribution in [0.15, 0.2) is 35.9 Å². The molecule has 2 aromatic carbocycles. The van der Waals surface area contributed by atoms with E-state index in [-0.39, 0.29) is 45.2 Å². The number of carbonyl (C=O) groups is 3. The Hall–Kier alpha value is -3.41. The lowest BCUT2D eigenvalue weighted by Crippen LogP contribution is -2.50. The number of phenols is 2. The summed E-state index contributed by atoms with van der Waals surface area (Å²) < 4.78 is 0. The van der Waals surface area contributed by atoms with Crippen molar-refractivity contribution < 1.29 is 24.6 Å². The summed E-state index contributed by atoms with van der Waals surface area (Å²) in [7, 11) is 0. The minimum absolute atomic E-state index is 0.0162. The summed E-state index contributed by atoms with van der Waals surface area (Å²) >= 11 is 0. The van der Waals surface area contributed by atoms with Crippen molar-refractivity contribution in [1.82, 2.24) is 0 Å². The van der Waals surface area contributed by atoms with E-state index in [1.54, 1.807) is 19.9 Å². The van der Waals surface area contributed by atoms with E-state index in [0.29, 0.717) is 11.1 Å². The number of aromatic hydroxyl groups is 2. The number of Topliss-reactive ketones (excluding diaryl/α,β-unsaturated/α-hetero) is 3. The predicted molar refractivity (Wildman–Crippen MR) is 102 cm³/mol. The van der Waals surface area contributed by atoms with Crippen molar-refractivity contribution in [2.24, 2.45) is 11.7 Å². The van der Waals surface area contributed by atoms with Gasteiger partial charge in [0.2, 0.25) is 0 Å². The molecule has 4 N–H and O–H groups in total. The molecule has 0 aliphatic heterocycles. The number of phenolic OH excluding ortho intramolecular Hbond substituents is 2. The van der Waals surface area contributed by atoms with Gasteiger partial charge >= 0.3 is 0 Å². The normalized spacial score (nSPS) is 21.2. The first kappa shape index (κ1) is 18.0. The number of fused-ring (bicyclic) bond motifs is 4. The van der Waals surface area contributed by atoms with Crippen LogP contribution in [-0.4, -0.2) is 27.6 Å². The summed E-state index contributed by atoms with van der Waals surface area (Å²) in [6.07, 6.45) is 0. The average Bonchev–Trinajstić information content (AvgIpc) is 2.89. The number of hydrogen-bond donors (Lipinski definition) is 3. The zero-order valence-electron chi connectivity index (χ0n) is 15.7. The molecule has 6 heteroatoms. The lowest BCUT2D eigenvalue weighted by atomic mass is 9.58. The van der Waals surface area contributed by atoms with Gasteiger partial charge in [-0.25, -0.2) is 0 Å².